The molecule has 0 saturated heterocycles. The van der Waals surface area contributed by atoms with Crippen molar-refractivity contribution in [2.45, 2.75) is 13.3 Å². The summed E-state index contributed by atoms with van der Waals surface area (Å²) in [6.45, 7) is 1.93. The van der Waals surface area contributed by atoms with E-state index in [9.17, 15) is 4.39 Å². The van der Waals surface area contributed by atoms with E-state index in [1.165, 1.54) is 13.2 Å². The molecule has 1 aromatic heterocycles. The van der Waals surface area contributed by atoms with E-state index in [0.717, 1.165) is 6.20 Å². The summed E-state index contributed by atoms with van der Waals surface area (Å²) >= 11 is 0. The minimum atomic E-state index is -0.350. The van der Waals surface area contributed by atoms with Crippen molar-refractivity contribution in [3.8, 4) is 0 Å². The molecular weight excluding hydrogens is 171 g/mol. The fourth-order valence-corrected chi connectivity index (χ4v) is 0.949. The lowest BCUT2D eigenvalue weighted by Crippen LogP contribution is -2.02. The van der Waals surface area contributed by atoms with Crippen molar-refractivity contribution in [2.75, 3.05) is 7.11 Å². The highest BCUT2D eigenvalue weighted by Crippen LogP contribution is 2.03. The summed E-state index contributed by atoms with van der Waals surface area (Å²) in [6, 6.07) is 2.93. The van der Waals surface area contributed by atoms with Crippen LogP contribution in [0.1, 0.15) is 19.0 Å². The maximum atomic E-state index is 12.5. The molecule has 1 heterocycles. The van der Waals surface area contributed by atoms with Gasteiger partial charge in [-0.2, -0.15) is 0 Å². The third kappa shape index (κ3) is 2.50. The lowest BCUT2D eigenvalue weighted by molar-refractivity contribution is 0.213. The molecule has 0 atom stereocenters. The summed E-state index contributed by atoms with van der Waals surface area (Å²) in [4.78, 5) is 8.52. The second-order valence-corrected chi connectivity index (χ2v) is 2.44. The summed E-state index contributed by atoms with van der Waals surface area (Å²) in [7, 11) is 1.47. The van der Waals surface area contributed by atoms with Gasteiger partial charge in [-0.3, -0.25) is 4.98 Å². The zero-order valence-electron chi connectivity index (χ0n) is 7.62. The Balaban J connectivity index is 2.92. The molecule has 0 radical (unpaired) electrons. The first kappa shape index (κ1) is 9.64. The zero-order chi connectivity index (χ0) is 9.68. The van der Waals surface area contributed by atoms with Crippen molar-refractivity contribution in [1.82, 2.24) is 4.98 Å². The number of pyridine rings is 1. The summed E-state index contributed by atoms with van der Waals surface area (Å²) in [5.74, 6) is -0.350. The van der Waals surface area contributed by atoms with Gasteiger partial charge in [0.15, 0.2) is 0 Å². The predicted octanol–water partition coefficient (Wildman–Crippen LogP) is 1.98. The van der Waals surface area contributed by atoms with Crippen LogP contribution >= 0.6 is 0 Å². The van der Waals surface area contributed by atoms with Crippen LogP contribution in [-0.4, -0.2) is 17.8 Å². The van der Waals surface area contributed by atoms with E-state index in [2.05, 4.69) is 15.0 Å². The van der Waals surface area contributed by atoms with Gasteiger partial charge >= 0.3 is 0 Å². The first-order valence-corrected chi connectivity index (χ1v) is 4.00. The molecule has 13 heavy (non-hydrogen) atoms. The van der Waals surface area contributed by atoms with Crippen molar-refractivity contribution in [3.63, 3.8) is 0 Å². The molecule has 0 unspecified atom stereocenters. The van der Waals surface area contributed by atoms with Gasteiger partial charge in [0.1, 0.15) is 18.6 Å². The molecule has 0 bridgehead atoms. The Hall–Kier alpha value is -1.45. The highest BCUT2D eigenvalue weighted by atomic mass is 19.1. The molecule has 0 fully saturated rings. The Morgan fingerprint density at radius 2 is 2.38 bits per heavy atom. The first-order chi connectivity index (χ1) is 6.27. The van der Waals surface area contributed by atoms with Crippen LogP contribution < -0.4 is 0 Å². The Labute approximate surface area is 76.2 Å². The Bertz CT molecular complexity index is 295. The Morgan fingerprint density at radius 1 is 1.62 bits per heavy atom. The zero-order valence-corrected chi connectivity index (χ0v) is 7.62. The monoisotopic (exact) mass is 182 g/mol. The van der Waals surface area contributed by atoms with Crippen molar-refractivity contribution in [3.05, 3.63) is 29.8 Å². The lowest BCUT2D eigenvalue weighted by Gasteiger charge is -2.00. The molecule has 70 valence electrons. The number of oxime groups is 1. The van der Waals surface area contributed by atoms with Gasteiger partial charge in [-0.15, -0.1) is 0 Å². The number of rotatable bonds is 3. The van der Waals surface area contributed by atoms with Crippen LogP contribution in [0, 0.1) is 5.82 Å². The average Bonchev–Trinajstić information content (AvgIpc) is 2.16. The molecule has 0 aliphatic rings. The van der Waals surface area contributed by atoms with E-state index < -0.39 is 0 Å². The van der Waals surface area contributed by atoms with E-state index in [0.29, 0.717) is 17.8 Å². The molecular formula is C9H11FN2O. The van der Waals surface area contributed by atoms with Gasteiger partial charge in [0.25, 0.3) is 0 Å². The highest BCUT2D eigenvalue weighted by Gasteiger charge is 2.02. The number of nitrogens with zero attached hydrogens (tertiary/aromatic N) is 2. The van der Waals surface area contributed by atoms with E-state index in [1.807, 2.05) is 6.92 Å². The third-order valence-corrected chi connectivity index (χ3v) is 1.56. The standard InChI is InChI=1S/C9H11FN2O/c1-3-8(12-13-2)9-5-4-7(10)6-11-9/h4-6H,3H2,1-2H3/b12-8-. The van der Waals surface area contributed by atoms with E-state index in [1.54, 1.807) is 6.07 Å². The predicted molar refractivity (Wildman–Crippen MR) is 48.0 cm³/mol. The molecule has 3 nitrogen and oxygen atoms in total. The second kappa shape index (κ2) is 4.54. The van der Waals surface area contributed by atoms with Crippen LogP contribution in [-0.2, 0) is 4.84 Å². The summed E-state index contributed by atoms with van der Waals surface area (Å²) in [5, 5.41) is 3.77. The van der Waals surface area contributed by atoms with E-state index in [-0.39, 0.29) is 5.82 Å². The summed E-state index contributed by atoms with van der Waals surface area (Å²) in [5.41, 5.74) is 1.35. The Morgan fingerprint density at radius 3 is 2.85 bits per heavy atom. The molecule has 0 N–H and O–H groups in total. The molecule has 1 rings (SSSR count). The second-order valence-electron chi connectivity index (χ2n) is 2.44. The molecule has 0 aromatic carbocycles. The minimum Gasteiger partial charge on any atom is -0.399 e. The van der Waals surface area contributed by atoms with Crippen molar-refractivity contribution in [1.29, 1.82) is 0 Å². The van der Waals surface area contributed by atoms with E-state index >= 15 is 0 Å². The fourth-order valence-electron chi connectivity index (χ4n) is 0.949. The van der Waals surface area contributed by atoms with Gasteiger partial charge in [-0.05, 0) is 18.6 Å². The number of halogens is 1. The number of aromatic nitrogens is 1. The topological polar surface area (TPSA) is 34.5 Å². The van der Waals surface area contributed by atoms with Gasteiger partial charge in [-0.1, -0.05) is 12.1 Å². The Kier molecular flexibility index (Phi) is 3.37. The third-order valence-electron chi connectivity index (χ3n) is 1.56. The lowest BCUT2D eigenvalue weighted by atomic mass is 10.2. The van der Waals surface area contributed by atoms with Gasteiger partial charge in [-0.25, -0.2) is 4.39 Å². The largest absolute Gasteiger partial charge is 0.399 e. The van der Waals surface area contributed by atoms with Crippen LogP contribution in [0.2, 0.25) is 0 Å². The maximum Gasteiger partial charge on any atom is 0.141 e. The van der Waals surface area contributed by atoms with Crippen LogP contribution in [0.25, 0.3) is 0 Å². The average molecular weight is 182 g/mol. The van der Waals surface area contributed by atoms with Crippen molar-refractivity contribution in [2.24, 2.45) is 5.16 Å². The smallest absolute Gasteiger partial charge is 0.141 e. The number of hydrogen-bond donors (Lipinski definition) is 0. The van der Waals surface area contributed by atoms with Crippen LogP contribution in [0.3, 0.4) is 0 Å². The number of hydrogen-bond acceptors (Lipinski definition) is 3. The summed E-state index contributed by atoms with van der Waals surface area (Å²) < 4.78 is 12.5. The van der Waals surface area contributed by atoms with Gasteiger partial charge in [0, 0.05) is 0 Å². The van der Waals surface area contributed by atoms with Crippen molar-refractivity contribution < 1.29 is 9.23 Å². The first-order valence-electron chi connectivity index (χ1n) is 4.00. The van der Waals surface area contributed by atoms with Gasteiger partial charge < -0.3 is 4.84 Å². The molecule has 0 spiro atoms. The minimum absolute atomic E-state index is 0.350. The molecule has 0 amide bonds. The fraction of sp³-hybridized carbons (Fsp3) is 0.333. The molecule has 0 saturated carbocycles. The molecule has 0 aliphatic carbocycles. The van der Waals surface area contributed by atoms with Crippen LogP contribution in [0.5, 0.6) is 0 Å². The van der Waals surface area contributed by atoms with Gasteiger partial charge in [0.2, 0.25) is 0 Å². The SMILES string of the molecule is CC/C(=N/OC)c1ccc(F)cn1. The quantitative estimate of drug-likeness (QED) is 0.529. The maximum absolute atomic E-state index is 12.5. The molecule has 4 heteroatoms. The molecule has 1 aromatic rings. The van der Waals surface area contributed by atoms with Gasteiger partial charge in [0.05, 0.1) is 11.9 Å². The van der Waals surface area contributed by atoms with Crippen LogP contribution in [0.4, 0.5) is 4.39 Å². The highest BCUT2D eigenvalue weighted by molar-refractivity contribution is 5.98. The molecule has 0 aliphatic heterocycles. The van der Waals surface area contributed by atoms with E-state index in [4.69, 9.17) is 0 Å². The van der Waals surface area contributed by atoms with Crippen molar-refractivity contribution >= 4 is 5.71 Å². The summed E-state index contributed by atoms with van der Waals surface area (Å²) in [6.07, 6.45) is 1.86. The normalized spacial score (nSPS) is 11.5. The van der Waals surface area contributed by atoms with Crippen LogP contribution in [0.15, 0.2) is 23.5 Å².